The highest BCUT2D eigenvalue weighted by Gasteiger charge is 2.06. The Morgan fingerprint density at radius 3 is 2.38 bits per heavy atom. The van der Waals surface area contributed by atoms with Gasteiger partial charge in [0, 0.05) is 6.92 Å². The molecule has 0 saturated heterocycles. The first-order valence-electron chi connectivity index (χ1n) is 4.37. The average molecular weight is 173 g/mol. The smallest absolute Gasteiger partial charge is 0.237 e. The van der Waals surface area contributed by atoms with Gasteiger partial charge >= 0.3 is 0 Å². The summed E-state index contributed by atoms with van der Waals surface area (Å²) in [5.41, 5.74) is 2.45. The van der Waals surface area contributed by atoms with Crippen molar-refractivity contribution in [2.24, 2.45) is 7.05 Å². The van der Waals surface area contributed by atoms with Crippen molar-refractivity contribution in [1.82, 2.24) is 4.57 Å². The van der Waals surface area contributed by atoms with Gasteiger partial charge < -0.3 is 0 Å². The van der Waals surface area contributed by atoms with E-state index < -0.39 is 0 Å². The van der Waals surface area contributed by atoms with E-state index in [9.17, 15) is 0 Å². The maximum Gasteiger partial charge on any atom is 0.248 e. The zero-order valence-corrected chi connectivity index (χ0v) is 7.94. The summed E-state index contributed by atoms with van der Waals surface area (Å²) in [6.45, 7) is 2.10. The Kier molecular flexibility index (Phi) is 1.89. The summed E-state index contributed by atoms with van der Waals surface area (Å²) in [4.78, 5) is 0. The molecule has 0 saturated carbocycles. The maximum absolute atomic E-state index is 2.12. The highest BCUT2D eigenvalue weighted by atomic mass is 15.1. The minimum atomic E-state index is 1.20. The maximum atomic E-state index is 2.12. The fourth-order valence-corrected chi connectivity index (χ4v) is 1.34. The second-order valence-electron chi connectivity index (χ2n) is 3.24. The van der Waals surface area contributed by atoms with E-state index in [2.05, 4.69) is 47.8 Å². The van der Waals surface area contributed by atoms with Crippen LogP contribution >= 0.6 is 0 Å². The van der Waals surface area contributed by atoms with E-state index >= 15 is 0 Å². The van der Waals surface area contributed by atoms with E-state index in [1.165, 1.54) is 11.4 Å². The van der Waals surface area contributed by atoms with Crippen LogP contribution in [0.1, 0.15) is 5.69 Å². The zero-order chi connectivity index (χ0) is 9.26. The van der Waals surface area contributed by atoms with Gasteiger partial charge in [-0.1, -0.05) is 18.2 Å². The summed E-state index contributed by atoms with van der Waals surface area (Å²) in [5, 5.41) is 0. The van der Waals surface area contributed by atoms with Gasteiger partial charge in [0.25, 0.3) is 0 Å². The fraction of sp³-hybridized carbons (Fsp3) is 0.182. The van der Waals surface area contributed by atoms with Crippen LogP contribution in [0, 0.1) is 6.92 Å². The van der Waals surface area contributed by atoms with Crippen molar-refractivity contribution >= 4 is 0 Å². The molecule has 1 aromatic heterocycles. The van der Waals surface area contributed by atoms with E-state index in [0.29, 0.717) is 0 Å². The molecule has 2 rings (SSSR count). The van der Waals surface area contributed by atoms with Crippen molar-refractivity contribution in [1.29, 1.82) is 0 Å². The number of benzene rings is 1. The molecule has 2 heteroatoms. The predicted molar refractivity (Wildman–Crippen MR) is 51.7 cm³/mol. The molecule has 1 heterocycles. The van der Waals surface area contributed by atoms with E-state index in [1.807, 2.05) is 18.2 Å². The monoisotopic (exact) mass is 173 g/mol. The largest absolute Gasteiger partial charge is 0.248 e. The van der Waals surface area contributed by atoms with Crippen molar-refractivity contribution in [3.05, 3.63) is 48.5 Å². The highest BCUT2D eigenvalue weighted by Crippen LogP contribution is 1.99. The standard InChI is InChI=1S/C11H13N2/c1-10-8-13(9-12(10)2)11-6-4-3-5-7-11/h3-9H,1-2H3/q+1. The minimum absolute atomic E-state index is 1.20. The molecule has 0 amide bonds. The first kappa shape index (κ1) is 8.05. The van der Waals surface area contributed by atoms with Crippen LogP contribution in [0.15, 0.2) is 42.9 Å². The third kappa shape index (κ3) is 1.47. The van der Waals surface area contributed by atoms with E-state index in [0.717, 1.165) is 0 Å². The molecule has 13 heavy (non-hydrogen) atoms. The summed E-state index contributed by atoms with van der Waals surface area (Å²) in [7, 11) is 2.05. The molecule has 2 nitrogen and oxygen atoms in total. The quantitative estimate of drug-likeness (QED) is 0.579. The Morgan fingerprint density at radius 2 is 1.85 bits per heavy atom. The summed E-state index contributed by atoms with van der Waals surface area (Å²) in [6, 6.07) is 10.3. The van der Waals surface area contributed by atoms with Crippen LogP contribution in [0.25, 0.3) is 5.69 Å². The first-order valence-corrected chi connectivity index (χ1v) is 4.37. The van der Waals surface area contributed by atoms with Crippen molar-refractivity contribution in [2.75, 3.05) is 0 Å². The number of hydrogen-bond acceptors (Lipinski definition) is 0. The van der Waals surface area contributed by atoms with Crippen LogP contribution in [0.2, 0.25) is 0 Å². The Morgan fingerprint density at radius 1 is 1.15 bits per heavy atom. The summed E-state index contributed by atoms with van der Waals surface area (Å²) < 4.78 is 4.22. The Hall–Kier alpha value is -1.57. The second-order valence-corrected chi connectivity index (χ2v) is 3.24. The molecule has 0 aliphatic carbocycles. The molecule has 0 N–H and O–H groups in total. The SMILES string of the molecule is Cc1c[n+](-c2ccccc2)cn1C. The number of hydrogen-bond donors (Lipinski definition) is 0. The van der Waals surface area contributed by atoms with Crippen LogP contribution in [-0.4, -0.2) is 4.57 Å². The van der Waals surface area contributed by atoms with Gasteiger partial charge in [0.05, 0.1) is 7.05 Å². The third-order valence-corrected chi connectivity index (χ3v) is 2.23. The summed E-state index contributed by atoms with van der Waals surface area (Å²) >= 11 is 0. The van der Waals surface area contributed by atoms with Gasteiger partial charge in [-0.2, -0.15) is 0 Å². The van der Waals surface area contributed by atoms with E-state index in [4.69, 9.17) is 0 Å². The van der Waals surface area contributed by atoms with Gasteiger partial charge in [-0.25, -0.2) is 9.13 Å². The van der Waals surface area contributed by atoms with Gasteiger partial charge in [-0.15, -0.1) is 0 Å². The normalized spacial score (nSPS) is 10.3. The Bertz CT molecular complexity index is 382. The lowest BCUT2D eigenvalue weighted by molar-refractivity contribution is -0.595. The molecule has 66 valence electrons. The lowest BCUT2D eigenvalue weighted by Gasteiger charge is -1.91. The molecular weight excluding hydrogens is 160 g/mol. The molecule has 0 bridgehead atoms. The number of para-hydroxylation sites is 1. The van der Waals surface area contributed by atoms with Gasteiger partial charge in [0.1, 0.15) is 17.6 Å². The van der Waals surface area contributed by atoms with Crippen molar-refractivity contribution in [3.63, 3.8) is 0 Å². The molecule has 0 aliphatic heterocycles. The second kappa shape index (κ2) is 3.05. The number of rotatable bonds is 1. The van der Waals surface area contributed by atoms with Crippen LogP contribution in [0.3, 0.4) is 0 Å². The van der Waals surface area contributed by atoms with Gasteiger partial charge in [-0.3, -0.25) is 0 Å². The molecular formula is C11H13N2+. The van der Waals surface area contributed by atoms with Gasteiger partial charge in [-0.05, 0) is 12.1 Å². The lowest BCUT2D eigenvalue weighted by atomic mass is 10.3. The molecule has 2 aromatic rings. The van der Waals surface area contributed by atoms with Crippen LogP contribution < -0.4 is 4.57 Å². The molecule has 0 atom stereocenters. The number of aryl methyl sites for hydroxylation is 2. The minimum Gasteiger partial charge on any atom is -0.237 e. The Labute approximate surface area is 78.1 Å². The number of nitrogens with zero attached hydrogens (tertiary/aromatic N) is 2. The van der Waals surface area contributed by atoms with Gasteiger partial charge in [0.2, 0.25) is 6.33 Å². The average Bonchev–Trinajstić information content (AvgIpc) is 2.49. The molecule has 1 aromatic carbocycles. The zero-order valence-electron chi connectivity index (χ0n) is 7.94. The molecule has 0 aliphatic rings. The van der Waals surface area contributed by atoms with Crippen LogP contribution in [0.5, 0.6) is 0 Å². The third-order valence-electron chi connectivity index (χ3n) is 2.23. The summed E-state index contributed by atoms with van der Waals surface area (Å²) in [6.07, 6.45) is 4.19. The molecule has 0 radical (unpaired) electrons. The van der Waals surface area contributed by atoms with Crippen molar-refractivity contribution in [3.8, 4) is 5.69 Å². The molecule has 0 unspecified atom stereocenters. The number of aromatic nitrogens is 2. The van der Waals surface area contributed by atoms with Gasteiger partial charge in [0.15, 0.2) is 0 Å². The molecule has 0 spiro atoms. The fourth-order valence-electron chi connectivity index (χ4n) is 1.34. The van der Waals surface area contributed by atoms with E-state index in [1.54, 1.807) is 0 Å². The highest BCUT2D eigenvalue weighted by molar-refractivity contribution is 5.21. The lowest BCUT2D eigenvalue weighted by Crippen LogP contribution is -2.27. The van der Waals surface area contributed by atoms with E-state index in [-0.39, 0.29) is 0 Å². The molecule has 0 fully saturated rings. The van der Waals surface area contributed by atoms with Crippen LogP contribution in [-0.2, 0) is 7.05 Å². The van der Waals surface area contributed by atoms with Crippen molar-refractivity contribution < 1.29 is 4.57 Å². The van der Waals surface area contributed by atoms with Crippen LogP contribution in [0.4, 0.5) is 0 Å². The number of imidazole rings is 1. The first-order chi connectivity index (χ1) is 6.27. The summed E-state index contributed by atoms with van der Waals surface area (Å²) in [5.74, 6) is 0. The van der Waals surface area contributed by atoms with Crippen molar-refractivity contribution in [2.45, 2.75) is 6.92 Å². The Balaban J connectivity index is 2.48. The predicted octanol–water partition coefficient (Wildman–Crippen LogP) is 1.61. The topological polar surface area (TPSA) is 8.81 Å².